The topological polar surface area (TPSA) is 23.5 Å². The SMILES string of the molecule is Oc1ccccc1-c1ccccc1N(c1ccc(-c2ccc3ccccc3c2)cc1)c1ccc(-c2cccc3sc4ccccc4c23)cc1. The number of fused-ring (bicyclic) bond motifs is 4. The van der Waals surface area contributed by atoms with Gasteiger partial charge in [0, 0.05) is 42.7 Å². The van der Waals surface area contributed by atoms with Gasteiger partial charge in [0.1, 0.15) is 5.75 Å². The number of benzene rings is 8. The zero-order valence-corrected chi connectivity index (χ0v) is 27.4. The second-order valence-corrected chi connectivity index (χ2v) is 13.4. The van der Waals surface area contributed by atoms with Crippen LogP contribution in [0.1, 0.15) is 0 Å². The average Bonchev–Trinajstić information content (AvgIpc) is 3.55. The van der Waals surface area contributed by atoms with Gasteiger partial charge in [-0.15, -0.1) is 11.3 Å². The maximum atomic E-state index is 10.9. The van der Waals surface area contributed by atoms with Crippen molar-refractivity contribution < 1.29 is 5.11 Å². The van der Waals surface area contributed by atoms with Crippen molar-refractivity contribution in [3.05, 3.63) is 182 Å². The summed E-state index contributed by atoms with van der Waals surface area (Å²) in [5, 5.41) is 16.0. The average molecular weight is 646 g/mol. The summed E-state index contributed by atoms with van der Waals surface area (Å²) in [6.45, 7) is 0. The summed E-state index contributed by atoms with van der Waals surface area (Å²) in [5.41, 5.74) is 9.57. The van der Waals surface area contributed by atoms with Crippen molar-refractivity contribution in [3.8, 4) is 39.1 Å². The quantitative estimate of drug-likeness (QED) is 0.194. The maximum absolute atomic E-state index is 10.9. The van der Waals surface area contributed by atoms with Crippen molar-refractivity contribution in [2.75, 3.05) is 4.90 Å². The number of aromatic hydroxyl groups is 1. The van der Waals surface area contributed by atoms with Gasteiger partial charge in [-0.25, -0.2) is 0 Å². The number of para-hydroxylation sites is 2. The Morgan fingerprint density at radius 1 is 0.408 bits per heavy atom. The molecule has 0 saturated carbocycles. The van der Waals surface area contributed by atoms with E-state index in [0.29, 0.717) is 0 Å². The lowest BCUT2D eigenvalue weighted by molar-refractivity contribution is 0.477. The molecule has 0 radical (unpaired) electrons. The molecule has 0 unspecified atom stereocenters. The Hall–Kier alpha value is -6.16. The number of anilines is 3. The van der Waals surface area contributed by atoms with Crippen LogP contribution in [0.25, 0.3) is 64.3 Å². The van der Waals surface area contributed by atoms with E-state index in [1.165, 1.54) is 47.6 Å². The van der Waals surface area contributed by atoms with E-state index < -0.39 is 0 Å². The molecule has 1 aromatic heterocycles. The number of rotatable bonds is 6. The second-order valence-electron chi connectivity index (χ2n) is 12.3. The zero-order valence-electron chi connectivity index (χ0n) is 26.6. The van der Waals surface area contributed by atoms with Crippen LogP contribution in [-0.4, -0.2) is 5.11 Å². The minimum Gasteiger partial charge on any atom is -0.507 e. The lowest BCUT2D eigenvalue weighted by atomic mass is 9.98. The maximum Gasteiger partial charge on any atom is 0.123 e. The Morgan fingerprint density at radius 3 is 1.80 bits per heavy atom. The molecule has 0 spiro atoms. The highest BCUT2D eigenvalue weighted by Gasteiger charge is 2.19. The first-order valence-electron chi connectivity index (χ1n) is 16.5. The van der Waals surface area contributed by atoms with E-state index in [0.717, 1.165) is 33.8 Å². The molecule has 0 atom stereocenters. The van der Waals surface area contributed by atoms with Crippen LogP contribution in [0.2, 0.25) is 0 Å². The van der Waals surface area contributed by atoms with Crippen molar-refractivity contribution in [1.82, 2.24) is 0 Å². The van der Waals surface area contributed by atoms with Crippen LogP contribution in [0.5, 0.6) is 5.75 Å². The predicted octanol–water partition coefficient (Wildman–Crippen LogP) is 13.4. The molecule has 1 heterocycles. The number of phenols is 1. The molecule has 49 heavy (non-hydrogen) atoms. The largest absolute Gasteiger partial charge is 0.507 e. The van der Waals surface area contributed by atoms with E-state index in [1.807, 2.05) is 35.6 Å². The molecule has 0 fully saturated rings. The summed E-state index contributed by atoms with van der Waals surface area (Å²) >= 11 is 1.84. The van der Waals surface area contributed by atoms with Crippen molar-refractivity contribution >= 4 is 59.3 Å². The third-order valence-electron chi connectivity index (χ3n) is 9.39. The Kier molecular flexibility index (Phi) is 7.18. The molecule has 0 amide bonds. The lowest BCUT2D eigenvalue weighted by Gasteiger charge is -2.28. The number of phenolic OH excluding ortho intramolecular Hbond substituents is 1. The van der Waals surface area contributed by atoms with E-state index >= 15 is 0 Å². The van der Waals surface area contributed by atoms with Crippen LogP contribution >= 0.6 is 11.3 Å². The molecule has 0 aliphatic heterocycles. The van der Waals surface area contributed by atoms with Gasteiger partial charge in [-0.1, -0.05) is 127 Å². The van der Waals surface area contributed by atoms with Gasteiger partial charge in [0.15, 0.2) is 0 Å². The van der Waals surface area contributed by atoms with Crippen LogP contribution in [0.4, 0.5) is 17.1 Å². The van der Waals surface area contributed by atoms with Gasteiger partial charge >= 0.3 is 0 Å². The van der Waals surface area contributed by atoms with Crippen LogP contribution in [0, 0.1) is 0 Å². The third kappa shape index (κ3) is 5.22. The fourth-order valence-corrected chi connectivity index (χ4v) is 8.13. The minimum absolute atomic E-state index is 0.257. The fourth-order valence-electron chi connectivity index (χ4n) is 7.00. The Balaban J connectivity index is 1.17. The van der Waals surface area contributed by atoms with Gasteiger partial charge in [0.05, 0.1) is 5.69 Å². The molecule has 2 nitrogen and oxygen atoms in total. The lowest BCUT2D eigenvalue weighted by Crippen LogP contribution is -2.11. The van der Waals surface area contributed by atoms with E-state index in [-0.39, 0.29) is 5.75 Å². The van der Waals surface area contributed by atoms with Crippen LogP contribution in [0.15, 0.2) is 182 Å². The number of hydrogen-bond donors (Lipinski definition) is 1. The predicted molar refractivity (Wildman–Crippen MR) is 209 cm³/mol. The molecule has 232 valence electrons. The van der Waals surface area contributed by atoms with Crippen molar-refractivity contribution in [1.29, 1.82) is 0 Å². The summed E-state index contributed by atoms with van der Waals surface area (Å²) in [4.78, 5) is 2.29. The third-order valence-corrected chi connectivity index (χ3v) is 10.5. The summed E-state index contributed by atoms with van der Waals surface area (Å²) in [6.07, 6.45) is 0. The zero-order chi connectivity index (χ0) is 32.7. The molecule has 0 aliphatic rings. The summed E-state index contributed by atoms with van der Waals surface area (Å²) in [6, 6.07) is 63.9. The molecular weight excluding hydrogens is 615 g/mol. The van der Waals surface area contributed by atoms with E-state index in [4.69, 9.17) is 0 Å². The van der Waals surface area contributed by atoms with Gasteiger partial charge in [0.25, 0.3) is 0 Å². The minimum atomic E-state index is 0.257. The van der Waals surface area contributed by atoms with Crippen LogP contribution in [0.3, 0.4) is 0 Å². The number of nitrogens with zero attached hydrogens (tertiary/aromatic N) is 1. The van der Waals surface area contributed by atoms with E-state index in [1.54, 1.807) is 6.07 Å². The van der Waals surface area contributed by atoms with Gasteiger partial charge in [-0.3, -0.25) is 0 Å². The molecule has 0 bridgehead atoms. The molecule has 0 saturated heterocycles. The van der Waals surface area contributed by atoms with Gasteiger partial charge in [-0.05, 0) is 87.6 Å². The highest BCUT2D eigenvalue weighted by atomic mass is 32.1. The van der Waals surface area contributed by atoms with E-state index in [2.05, 4.69) is 157 Å². The Morgan fingerprint density at radius 2 is 1.00 bits per heavy atom. The van der Waals surface area contributed by atoms with Crippen molar-refractivity contribution in [2.24, 2.45) is 0 Å². The van der Waals surface area contributed by atoms with Gasteiger partial charge in [0.2, 0.25) is 0 Å². The Bertz CT molecular complexity index is 2620. The van der Waals surface area contributed by atoms with E-state index in [9.17, 15) is 5.11 Å². The second kappa shape index (κ2) is 12.1. The number of hydrogen-bond acceptors (Lipinski definition) is 3. The normalized spacial score (nSPS) is 11.3. The van der Waals surface area contributed by atoms with Crippen LogP contribution in [-0.2, 0) is 0 Å². The molecular formula is C46H31NOS. The van der Waals surface area contributed by atoms with Crippen molar-refractivity contribution in [2.45, 2.75) is 0 Å². The molecule has 3 heteroatoms. The van der Waals surface area contributed by atoms with Gasteiger partial charge < -0.3 is 10.0 Å². The highest BCUT2D eigenvalue weighted by Crippen LogP contribution is 2.45. The number of thiophene rings is 1. The first-order chi connectivity index (χ1) is 24.2. The first kappa shape index (κ1) is 29.0. The smallest absolute Gasteiger partial charge is 0.123 e. The monoisotopic (exact) mass is 645 g/mol. The fraction of sp³-hybridized carbons (Fsp3) is 0. The summed E-state index contributed by atoms with van der Waals surface area (Å²) in [5.74, 6) is 0.257. The molecule has 9 aromatic rings. The molecule has 8 aromatic carbocycles. The first-order valence-corrected chi connectivity index (χ1v) is 17.3. The van der Waals surface area contributed by atoms with Crippen molar-refractivity contribution in [3.63, 3.8) is 0 Å². The molecule has 1 N–H and O–H groups in total. The highest BCUT2D eigenvalue weighted by molar-refractivity contribution is 7.25. The van der Waals surface area contributed by atoms with Gasteiger partial charge in [-0.2, -0.15) is 0 Å². The standard InChI is InChI=1S/C46H31NOS/c48-43-17-7-4-13-40(43)39-12-3-6-16-42(39)47(36-26-22-32(23-27-36)35-21-20-31-10-1-2-11-34(31)30-35)37-28-24-33(25-29-37)38-15-9-19-45-46(38)41-14-5-8-18-44(41)49-45/h1-30,48H. The summed E-state index contributed by atoms with van der Waals surface area (Å²) in [7, 11) is 0. The molecule has 9 rings (SSSR count). The Labute approximate surface area is 289 Å². The summed E-state index contributed by atoms with van der Waals surface area (Å²) < 4.78 is 2.60. The van der Waals surface area contributed by atoms with Crippen LogP contribution < -0.4 is 4.90 Å². The molecule has 0 aliphatic carbocycles.